The predicted molar refractivity (Wildman–Crippen MR) is 169 cm³/mol. The maximum Gasteiger partial charge on any atom is 0.408 e. The Morgan fingerprint density at radius 2 is 1.72 bits per heavy atom. The van der Waals surface area contributed by atoms with Gasteiger partial charge in [-0.2, -0.15) is 8.42 Å². The van der Waals surface area contributed by atoms with Gasteiger partial charge in [0.2, 0.25) is 0 Å². The molecule has 46 heavy (non-hydrogen) atoms. The van der Waals surface area contributed by atoms with Gasteiger partial charge in [0.25, 0.3) is 5.91 Å². The zero-order chi connectivity index (χ0) is 34.4. The van der Waals surface area contributed by atoms with Gasteiger partial charge in [0.15, 0.2) is 5.79 Å². The minimum Gasteiger partial charge on any atom is -0.462 e. The molecule has 0 saturated carbocycles. The second-order valence-electron chi connectivity index (χ2n) is 12.8. The summed E-state index contributed by atoms with van der Waals surface area (Å²) in [4.78, 5) is 37.4. The first-order valence-corrected chi connectivity index (χ1v) is 16.9. The number of carbonyl (C=O) groups excluding carboxylic acids is 3. The van der Waals surface area contributed by atoms with E-state index in [1.807, 2.05) is 18.6 Å². The van der Waals surface area contributed by atoms with Gasteiger partial charge < -0.3 is 29.0 Å². The number of hydrogen-bond acceptors (Lipinski definition) is 11. The Morgan fingerprint density at radius 1 is 1.07 bits per heavy atom. The zero-order valence-electron chi connectivity index (χ0n) is 26.8. The fourth-order valence-electron chi connectivity index (χ4n) is 4.78. The molecule has 2 heterocycles. The normalized spacial score (nSPS) is 23.3. The first kappa shape index (κ1) is 38.0. The molecule has 2 saturated heterocycles. The SMILES string of the molecule is CC(C)CC(NC(=O)OC(C)(C)C)C(=O)NS(=O)(=O)OCC1OC(CCOC(=O)C=Cc2ccc(Cl)c(Cl)c2)C2OC(C)(C)OC12. The summed E-state index contributed by atoms with van der Waals surface area (Å²) in [6.07, 6.45) is -0.503. The molecule has 0 spiro atoms. The standard InChI is InChI=1S/C30H42Cl2N2O11S/c1-17(2)14-21(33-28(37)45-29(3,4)5)27(36)34-46(38,39)41-16-23-26-25(43-30(6,7)44-26)22(42-23)12-13-40-24(35)11-9-18-8-10-19(31)20(32)15-18/h8-11,15,17,21-23,25-26H,12-14,16H2,1-7H3,(H,33,37)(H,34,36). The summed E-state index contributed by atoms with van der Waals surface area (Å²) in [5.41, 5.74) is -0.155. The van der Waals surface area contributed by atoms with Gasteiger partial charge in [-0.05, 0) is 70.7 Å². The van der Waals surface area contributed by atoms with Crippen molar-refractivity contribution >= 4 is 57.6 Å². The minimum absolute atomic E-state index is 0.0218. The van der Waals surface area contributed by atoms with Crippen LogP contribution in [0.25, 0.3) is 6.08 Å². The number of amides is 2. The fourth-order valence-corrected chi connectivity index (χ4v) is 5.84. The molecule has 3 rings (SSSR count). The molecule has 2 aliphatic heterocycles. The zero-order valence-corrected chi connectivity index (χ0v) is 29.2. The van der Waals surface area contributed by atoms with Crippen LogP contribution in [0.4, 0.5) is 4.79 Å². The first-order valence-electron chi connectivity index (χ1n) is 14.7. The van der Waals surface area contributed by atoms with Crippen LogP contribution in [0.1, 0.15) is 66.9 Å². The van der Waals surface area contributed by atoms with E-state index in [4.69, 9.17) is 51.1 Å². The average Bonchev–Trinajstić information content (AvgIpc) is 3.39. The van der Waals surface area contributed by atoms with E-state index in [0.717, 1.165) is 0 Å². The molecule has 2 N–H and O–H groups in total. The van der Waals surface area contributed by atoms with Crippen molar-refractivity contribution in [3.8, 4) is 0 Å². The lowest BCUT2D eigenvalue weighted by Gasteiger charge is -2.25. The van der Waals surface area contributed by atoms with Crippen molar-refractivity contribution in [3.63, 3.8) is 0 Å². The van der Waals surface area contributed by atoms with Crippen LogP contribution in [0.15, 0.2) is 24.3 Å². The van der Waals surface area contributed by atoms with E-state index in [-0.39, 0.29) is 25.4 Å². The highest BCUT2D eigenvalue weighted by atomic mass is 35.5. The van der Waals surface area contributed by atoms with Gasteiger partial charge in [0.1, 0.15) is 30.0 Å². The average molecular weight is 710 g/mol. The third-order valence-electron chi connectivity index (χ3n) is 6.58. The van der Waals surface area contributed by atoms with Crippen molar-refractivity contribution in [2.24, 2.45) is 5.92 Å². The van der Waals surface area contributed by atoms with Crippen LogP contribution < -0.4 is 10.0 Å². The molecule has 0 bridgehead atoms. The van der Waals surface area contributed by atoms with E-state index >= 15 is 0 Å². The molecule has 16 heteroatoms. The summed E-state index contributed by atoms with van der Waals surface area (Å²) < 4.78 is 60.9. The highest BCUT2D eigenvalue weighted by molar-refractivity contribution is 7.85. The van der Waals surface area contributed by atoms with E-state index in [2.05, 4.69) is 5.32 Å². The van der Waals surface area contributed by atoms with Crippen molar-refractivity contribution in [2.45, 2.75) is 103 Å². The monoisotopic (exact) mass is 708 g/mol. The Morgan fingerprint density at radius 3 is 2.33 bits per heavy atom. The number of rotatable bonds is 13. The fraction of sp³-hybridized carbons (Fsp3) is 0.633. The van der Waals surface area contributed by atoms with Gasteiger partial charge in [-0.3, -0.25) is 8.98 Å². The number of alkyl carbamates (subject to hydrolysis) is 1. The Labute approximate surface area is 279 Å². The number of halogens is 2. The van der Waals surface area contributed by atoms with E-state index < -0.39 is 76.7 Å². The van der Waals surface area contributed by atoms with Crippen LogP contribution >= 0.6 is 23.2 Å². The Kier molecular flexibility index (Phi) is 12.9. The second kappa shape index (κ2) is 15.6. The van der Waals surface area contributed by atoms with Gasteiger partial charge >= 0.3 is 22.4 Å². The van der Waals surface area contributed by atoms with Crippen LogP contribution in [0, 0.1) is 5.92 Å². The molecule has 1 aromatic carbocycles. The van der Waals surface area contributed by atoms with Gasteiger partial charge in [-0.25, -0.2) is 14.3 Å². The van der Waals surface area contributed by atoms with E-state index in [1.54, 1.807) is 52.8 Å². The van der Waals surface area contributed by atoms with Crippen molar-refractivity contribution in [1.29, 1.82) is 0 Å². The van der Waals surface area contributed by atoms with Gasteiger partial charge in [-0.1, -0.05) is 43.1 Å². The number of fused-ring (bicyclic) bond motifs is 1. The number of hydrogen-bond donors (Lipinski definition) is 2. The molecule has 13 nitrogen and oxygen atoms in total. The third kappa shape index (κ3) is 12.0. The lowest BCUT2D eigenvalue weighted by molar-refractivity contribution is -0.191. The van der Waals surface area contributed by atoms with Gasteiger partial charge in [0.05, 0.1) is 29.4 Å². The first-order chi connectivity index (χ1) is 21.2. The van der Waals surface area contributed by atoms with Crippen molar-refractivity contribution < 1.29 is 50.7 Å². The number of benzene rings is 1. The molecule has 2 amide bonds. The third-order valence-corrected chi connectivity index (χ3v) is 8.21. The summed E-state index contributed by atoms with van der Waals surface area (Å²) >= 11 is 11.9. The molecular weight excluding hydrogens is 667 g/mol. The summed E-state index contributed by atoms with van der Waals surface area (Å²) in [6.45, 7) is 11.5. The summed E-state index contributed by atoms with van der Waals surface area (Å²) in [7, 11) is -4.62. The number of carbonyl (C=O) groups is 3. The van der Waals surface area contributed by atoms with E-state index in [1.165, 1.54) is 12.2 Å². The van der Waals surface area contributed by atoms with Crippen molar-refractivity contribution in [3.05, 3.63) is 39.9 Å². The number of ether oxygens (including phenoxy) is 5. The molecule has 0 aliphatic carbocycles. The predicted octanol–water partition coefficient (Wildman–Crippen LogP) is 4.54. The highest BCUT2D eigenvalue weighted by Gasteiger charge is 2.55. The number of esters is 1. The van der Waals surface area contributed by atoms with Crippen LogP contribution in [0.2, 0.25) is 10.0 Å². The summed E-state index contributed by atoms with van der Waals surface area (Å²) in [6, 6.07) is 3.72. The Balaban J connectivity index is 1.56. The van der Waals surface area contributed by atoms with E-state index in [9.17, 15) is 22.8 Å². The molecule has 1 aromatic rings. The molecule has 0 radical (unpaired) electrons. The molecule has 5 unspecified atom stereocenters. The quantitative estimate of drug-likeness (QED) is 0.218. The topological polar surface area (TPSA) is 165 Å². The summed E-state index contributed by atoms with van der Waals surface area (Å²) in [5, 5.41) is 3.16. The van der Waals surface area contributed by atoms with Crippen molar-refractivity contribution in [1.82, 2.24) is 10.0 Å². The largest absolute Gasteiger partial charge is 0.462 e. The van der Waals surface area contributed by atoms with Gasteiger partial charge in [0, 0.05) is 12.5 Å². The van der Waals surface area contributed by atoms with Crippen LogP contribution in [0.5, 0.6) is 0 Å². The van der Waals surface area contributed by atoms with Crippen LogP contribution in [0.3, 0.4) is 0 Å². The van der Waals surface area contributed by atoms with Crippen LogP contribution in [-0.4, -0.2) is 81.4 Å². The minimum atomic E-state index is -4.62. The molecular formula is C30H42Cl2N2O11S. The summed E-state index contributed by atoms with van der Waals surface area (Å²) in [5.74, 6) is -2.63. The molecule has 2 fully saturated rings. The molecule has 258 valence electrons. The van der Waals surface area contributed by atoms with E-state index in [0.29, 0.717) is 15.6 Å². The lowest BCUT2D eigenvalue weighted by Crippen LogP contribution is -2.50. The van der Waals surface area contributed by atoms with Gasteiger partial charge in [-0.15, -0.1) is 0 Å². The Hall–Kier alpha value is -2.46. The second-order valence-corrected chi connectivity index (χ2v) is 14.9. The molecule has 5 atom stereocenters. The lowest BCUT2D eigenvalue weighted by atomic mass is 10.0. The molecule has 2 aliphatic rings. The maximum atomic E-state index is 12.9. The van der Waals surface area contributed by atoms with Crippen molar-refractivity contribution in [2.75, 3.05) is 13.2 Å². The van der Waals surface area contributed by atoms with Crippen LogP contribution in [-0.2, 0) is 47.8 Å². The molecule has 0 aromatic heterocycles. The Bertz CT molecular complexity index is 1400. The maximum absolute atomic E-state index is 12.9. The number of nitrogens with one attached hydrogen (secondary N) is 2. The smallest absolute Gasteiger partial charge is 0.408 e. The highest BCUT2D eigenvalue weighted by Crippen LogP contribution is 2.40.